The molecule has 0 spiro atoms. The second kappa shape index (κ2) is 5.80. The van der Waals surface area contributed by atoms with E-state index in [4.69, 9.17) is 4.74 Å². The van der Waals surface area contributed by atoms with Crippen molar-refractivity contribution >= 4 is 39.9 Å². The summed E-state index contributed by atoms with van der Waals surface area (Å²) in [5.41, 5.74) is 1.11. The van der Waals surface area contributed by atoms with Crippen LogP contribution >= 0.6 is 31.9 Å². The highest BCUT2D eigenvalue weighted by Gasteiger charge is 2.13. The van der Waals surface area contributed by atoms with Gasteiger partial charge in [-0.3, -0.25) is 0 Å². The first-order valence-electron chi connectivity index (χ1n) is 5.27. The Morgan fingerprint density at radius 3 is 2.38 bits per heavy atom. The van der Waals surface area contributed by atoms with Crippen molar-refractivity contribution in [3.05, 3.63) is 14.8 Å². The molecule has 0 bridgehead atoms. The van der Waals surface area contributed by atoms with Crippen LogP contribution in [-0.4, -0.2) is 24.5 Å². The summed E-state index contributed by atoms with van der Waals surface area (Å²) in [6.45, 7) is 10.4. The molecule has 0 aliphatic rings. The minimum atomic E-state index is -0.990. The van der Waals surface area contributed by atoms with Crippen molar-refractivity contribution < 1.29 is 4.74 Å². The van der Waals surface area contributed by atoms with E-state index in [2.05, 4.69) is 56.6 Å². The molecule has 16 heavy (non-hydrogen) atoms. The van der Waals surface area contributed by atoms with Gasteiger partial charge in [0.05, 0.1) is 0 Å². The lowest BCUT2D eigenvalue weighted by Gasteiger charge is -2.15. The fourth-order valence-corrected chi connectivity index (χ4v) is 2.89. The first-order chi connectivity index (χ1) is 7.31. The Kier molecular flexibility index (Phi) is 5.22. The summed E-state index contributed by atoms with van der Waals surface area (Å²) in [7, 11) is -0.990. The van der Waals surface area contributed by atoms with E-state index in [9.17, 15) is 0 Å². The molecule has 0 unspecified atom stereocenters. The van der Waals surface area contributed by atoms with E-state index in [0.29, 0.717) is 6.73 Å². The number of ether oxygens (including phenoxy) is 1. The molecule has 0 radical (unpaired) electrons. The molecule has 0 amide bonds. The van der Waals surface area contributed by atoms with Gasteiger partial charge in [0.15, 0.2) is 0 Å². The molecule has 0 N–H and O–H groups in total. The molecule has 1 aromatic heterocycles. The second-order valence-electron chi connectivity index (χ2n) is 5.05. The van der Waals surface area contributed by atoms with Gasteiger partial charge in [-0.15, -0.1) is 0 Å². The minimum absolute atomic E-state index is 0.511. The molecule has 92 valence electrons. The van der Waals surface area contributed by atoms with Crippen molar-refractivity contribution in [2.75, 3.05) is 6.61 Å². The monoisotopic (exact) mass is 368 g/mol. The van der Waals surface area contributed by atoms with E-state index < -0.39 is 8.07 Å². The molecule has 0 saturated heterocycles. The predicted molar refractivity (Wildman–Crippen MR) is 76.5 cm³/mol. The van der Waals surface area contributed by atoms with Crippen molar-refractivity contribution in [3.8, 4) is 0 Å². The molecule has 1 heterocycles. The Hall–Kier alpha value is 0.347. The average molecular weight is 370 g/mol. The van der Waals surface area contributed by atoms with Crippen molar-refractivity contribution in [1.29, 1.82) is 0 Å². The van der Waals surface area contributed by atoms with E-state index in [0.717, 1.165) is 21.4 Å². The van der Waals surface area contributed by atoms with E-state index in [1.807, 2.05) is 11.6 Å². The molecule has 0 aromatic carbocycles. The van der Waals surface area contributed by atoms with Gasteiger partial charge in [0.25, 0.3) is 0 Å². The zero-order valence-corrected chi connectivity index (χ0v) is 14.4. The lowest BCUT2D eigenvalue weighted by Crippen LogP contribution is -2.22. The first kappa shape index (κ1) is 14.4. The summed E-state index contributed by atoms with van der Waals surface area (Å²) in [4.78, 5) is 0. The van der Waals surface area contributed by atoms with Gasteiger partial charge in [-0.1, -0.05) is 19.6 Å². The number of nitrogens with zero attached hydrogens (tertiary/aromatic N) is 2. The molecule has 1 aromatic rings. The second-order valence-corrected chi connectivity index (χ2v) is 12.2. The summed E-state index contributed by atoms with van der Waals surface area (Å²) < 4.78 is 9.30. The number of halogens is 2. The van der Waals surface area contributed by atoms with Crippen LogP contribution in [-0.2, 0) is 11.5 Å². The third-order valence-corrected chi connectivity index (χ3v) is 5.73. The molecule has 0 aliphatic heterocycles. The first-order valence-corrected chi connectivity index (χ1v) is 10.6. The maximum atomic E-state index is 5.63. The zero-order valence-electron chi connectivity index (χ0n) is 10.2. The van der Waals surface area contributed by atoms with Crippen LogP contribution in [0.3, 0.4) is 0 Å². The third-order valence-electron chi connectivity index (χ3n) is 2.26. The van der Waals surface area contributed by atoms with Crippen molar-refractivity contribution in [3.63, 3.8) is 0 Å². The van der Waals surface area contributed by atoms with Crippen molar-refractivity contribution in [1.82, 2.24) is 9.78 Å². The van der Waals surface area contributed by atoms with Gasteiger partial charge in [-0.05, 0) is 44.8 Å². The number of aromatic nitrogens is 2. The molecule has 0 atom stereocenters. The van der Waals surface area contributed by atoms with E-state index >= 15 is 0 Å². The molecule has 3 nitrogen and oxygen atoms in total. The lowest BCUT2D eigenvalue weighted by atomic mass is 10.4. The van der Waals surface area contributed by atoms with Crippen LogP contribution in [0.4, 0.5) is 0 Å². The average Bonchev–Trinajstić information content (AvgIpc) is 2.40. The molecule has 6 heteroatoms. The fraction of sp³-hybridized carbons (Fsp3) is 0.700. The minimum Gasteiger partial charge on any atom is -0.359 e. The van der Waals surface area contributed by atoms with Crippen molar-refractivity contribution in [2.45, 2.75) is 39.3 Å². The summed E-state index contributed by atoms with van der Waals surface area (Å²) >= 11 is 6.89. The van der Waals surface area contributed by atoms with Crippen LogP contribution in [0, 0.1) is 6.92 Å². The lowest BCUT2D eigenvalue weighted by molar-refractivity contribution is 0.0767. The molecular weight excluding hydrogens is 352 g/mol. The maximum absolute atomic E-state index is 5.63. The summed E-state index contributed by atoms with van der Waals surface area (Å²) in [6, 6.07) is 1.19. The third kappa shape index (κ3) is 4.31. The number of hydrogen-bond acceptors (Lipinski definition) is 2. The van der Waals surface area contributed by atoms with E-state index in [1.165, 1.54) is 6.04 Å². The van der Waals surface area contributed by atoms with Crippen LogP contribution in [0.25, 0.3) is 0 Å². The fourth-order valence-electron chi connectivity index (χ4n) is 1.12. The van der Waals surface area contributed by atoms with Gasteiger partial charge in [0.2, 0.25) is 0 Å². The Balaban J connectivity index is 2.41. The standard InChI is InChI=1S/C10H18Br2N2OSi/c1-8-9(11)13-14(10(8)12)7-15-5-6-16(2,3)4/h5-7H2,1-4H3. The summed E-state index contributed by atoms with van der Waals surface area (Å²) in [6.07, 6.45) is 0. The van der Waals surface area contributed by atoms with Gasteiger partial charge in [-0.2, -0.15) is 5.10 Å². The topological polar surface area (TPSA) is 27.1 Å². The highest BCUT2D eigenvalue weighted by Crippen LogP contribution is 2.23. The smallest absolute Gasteiger partial charge is 0.140 e. The summed E-state index contributed by atoms with van der Waals surface area (Å²) in [5, 5.41) is 4.32. The summed E-state index contributed by atoms with van der Waals surface area (Å²) in [5.74, 6) is 0. The molecule has 1 rings (SSSR count). The zero-order chi connectivity index (χ0) is 12.3. The molecule has 0 saturated carbocycles. The van der Waals surface area contributed by atoms with Crippen LogP contribution in [0.2, 0.25) is 25.7 Å². The SMILES string of the molecule is Cc1c(Br)nn(COCC[Si](C)(C)C)c1Br. The predicted octanol–water partition coefficient (Wildman–Crippen LogP) is 4.03. The highest BCUT2D eigenvalue weighted by atomic mass is 79.9. The quantitative estimate of drug-likeness (QED) is 0.578. The largest absolute Gasteiger partial charge is 0.359 e. The molecule has 0 aliphatic carbocycles. The molecule has 0 fully saturated rings. The van der Waals surface area contributed by atoms with Gasteiger partial charge in [0, 0.05) is 20.2 Å². The van der Waals surface area contributed by atoms with Gasteiger partial charge < -0.3 is 4.74 Å². The van der Waals surface area contributed by atoms with E-state index in [1.54, 1.807) is 0 Å². The van der Waals surface area contributed by atoms with Crippen LogP contribution in [0.5, 0.6) is 0 Å². The number of rotatable bonds is 5. The van der Waals surface area contributed by atoms with Crippen LogP contribution < -0.4 is 0 Å². The van der Waals surface area contributed by atoms with Crippen molar-refractivity contribution in [2.24, 2.45) is 0 Å². The van der Waals surface area contributed by atoms with Gasteiger partial charge >= 0.3 is 0 Å². The Morgan fingerprint density at radius 1 is 1.31 bits per heavy atom. The normalized spacial score (nSPS) is 12.1. The Morgan fingerprint density at radius 2 is 1.94 bits per heavy atom. The Labute approximate surface area is 115 Å². The maximum Gasteiger partial charge on any atom is 0.140 e. The highest BCUT2D eigenvalue weighted by molar-refractivity contribution is 9.11. The number of hydrogen-bond donors (Lipinski definition) is 0. The molecular formula is C10H18Br2N2OSi. The Bertz CT molecular complexity index is 360. The van der Waals surface area contributed by atoms with Crippen LogP contribution in [0.1, 0.15) is 5.56 Å². The van der Waals surface area contributed by atoms with Gasteiger partial charge in [0.1, 0.15) is 15.9 Å². The van der Waals surface area contributed by atoms with Crippen LogP contribution in [0.15, 0.2) is 9.21 Å². The van der Waals surface area contributed by atoms with E-state index in [-0.39, 0.29) is 0 Å². The van der Waals surface area contributed by atoms with Gasteiger partial charge in [-0.25, -0.2) is 4.68 Å².